The van der Waals surface area contributed by atoms with Crippen LogP contribution in [-0.4, -0.2) is 12.2 Å². The minimum absolute atomic E-state index is 0.452. The molecule has 0 saturated carbocycles. The van der Waals surface area contributed by atoms with Crippen LogP contribution in [-0.2, 0) is 0 Å². The zero-order chi connectivity index (χ0) is 7.98. The van der Waals surface area contributed by atoms with Gasteiger partial charge in [-0.1, -0.05) is 10.2 Å². The fraction of sp³-hybridized carbons (Fsp3) is 1.00. The normalized spacial score (nSPS) is 14.2. The van der Waals surface area contributed by atoms with Crippen molar-refractivity contribution < 1.29 is 0 Å². The Morgan fingerprint density at radius 3 is 1.90 bits per heavy atom. The Bertz CT molecular complexity index is 165. The van der Waals surface area contributed by atoms with Crippen LogP contribution in [0.15, 0.2) is 10.2 Å². The van der Waals surface area contributed by atoms with E-state index in [0.29, 0.717) is 0 Å². The maximum Gasteiger partial charge on any atom is 0.130 e. The molecule has 0 amide bonds. The minimum atomic E-state index is -0.824. The summed E-state index contributed by atoms with van der Waals surface area (Å²) in [6.45, 7) is 1.59. The van der Waals surface area contributed by atoms with Crippen LogP contribution < -0.4 is 5.73 Å². The quantitative estimate of drug-likeness (QED) is 0.355. The standard InChI is InChI=1S/C3H7N7/c1-2(4)3(7-9-5)8-10-6/h2-3H,4H2,1H3. The second-order valence-corrected chi connectivity index (χ2v) is 1.68. The minimum Gasteiger partial charge on any atom is -0.327 e. The summed E-state index contributed by atoms with van der Waals surface area (Å²) < 4.78 is 0. The van der Waals surface area contributed by atoms with E-state index < -0.39 is 12.2 Å². The number of nitrogens with two attached hydrogens (primary N) is 1. The van der Waals surface area contributed by atoms with Gasteiger partial charge < -0.3 is 5.73 Å². The zero-order valence-corrected chi connectivity index (χ0v) is 5.42. The third-order valence-corrected chi connectivity index (χ3v) is 0.810. The molecule has 0 aliphatic heterocycles. The van der Waals surface area contributed by atoms with Crippen molar-refractivity contribution in [1.82, 2.24) is 0 Å². The molecule has 54 valence electrons. The maximum absolute atomic E-state index is 7.93. The Kier molecular flexibility index (Phi) is 3.83. The summed E-state index contributed by atoms with van der Waals surface area (Å²) in [5.41, 5.74) is 21.1. The molecule has 0 radical (unpaired) electrons. The summed E-state index contributed by atoms with van der Waals surface area (Å²) in [4.78, 5) is 4.91. The molecule has 0 saturated heterocycles. The van der Waals surface area contributed by atoms with Crippen LogP contribution in [0.5, 0.6) is 0 Å². The number of azide groups is 1. The Balaban J connectivity index is 4.24. The molecule has 0 aromatic carbocycles. The fourth-order valence-corrected chi connectivity index (χ4v) is 0.339. The van der Waals surface area contributed by atoms with Gasteiger partial charge in [-0.05, 0) is 18.0 Å². The van der Waals surface area contributed by atoms with E-state index in [4.69, 9.17) is 16.8 Å². The average Bonchev–Trinajstić information content (AvgIpc) is 1.87. The van der Waals surface area contributed by atoms with E-state index in [9.17, 15) is 0 Å². The highest BCUT2D eigenvalue weighted by atomic mass is 15.3. The Labute approximate surface area is 57.1 Å². The molecule has 0 spiro atoms. The van der Waals surface area contributed by atoms with Crippen molar-refractivity contribution >= 4 is 0 Å². The molecule has 0 heterocycles. The lowest BCUT2D eigenvalue weighted by Gasteiger charge is -2.05. The van der Waals surface area contributed by atoms with Gasteiger partial charge in [0.1, 0.15) is 6.17 Å². The Morgan fingerprint density at radius 2 is 1.70 bits per heavy atom. The smallest absolute Gasteiger partial charge is 0.130 e. The SMILES string of the molecule is CC(N)C(N=[N+]=[N-])N=[N+]=[N-]. The molecule has 1 unspecified atom stereocenters. The van der Waals surface area contributed by atoms with Gasteiger partial charge in [0.15, 0.2) is 0 Å². The zero-order valence-electron chi connectivity index (χ0n) is 5.42. The van der Waals surface area contributed by atoms with Crippen LogP contribution in [0.3, 0.4) is 0 Å². The van der Waals surface area contributed by atoms with Crippen molar-refractivity contribution in [1.29, 1.82) is 0 Å². The molecule has 0 rings (SSSR count). The highest BCUT2D eigenvalue weighted by Crippen LogP contribution is 1.98. The first-order valence-electron chi connectivity index (χ1n) is 2.56. The molecule has 7 nitrogen and oxygen atoms in total. The van der Waals surface area contributed by atoms with E-state index in [1.165, 1.54) is 0 Å². The largest absolute Gasteiger partial charge is 0.327 e. The van der Waals surface area contributed by atoms with Gasteiger partial charge in [0, 0.05) is 15.9 Å². The van der Waals surface area contributed by atoms with E-state index >= 15 is 0 Å². The molecule has 0 aliphatic rings. The van der Waals surface area contributed by atoms with E-state index in [-0.39, 0.29) is 0 Å². The monoisotopic (exact) mass is 141 g/mol. The van der Waals surface area contributed by atoms with E-state index in [2.05, 4.69) is 20.1 Å². The number of hydrogen-bond donors (Lipinski definition) is 1. The number of hydrogen-bond acceptors (Lipinski definition) is 3. The van der Waals surface area contributed by atoms with Gasteiger partial charge in [0.25, 0.3) is 0 Å². The van der Waals surface area contributed by atoms with Gasteiger partial charge >= 0.3 is 0 Å². The molecule has 7 heteroatoms. The molecule has 0 aromatic heterocycles. The second kappa shape index (κ2) is 4.46. The Hall–Kier alpha value is -1.42. The number of rotatable bonds is 3. The molecule has 0 aromatic rings. The summed E-state index contributed by atoms with van der Waals surface area (Å²) >= 11 is 0. The van der Waals surface area contributed by atoms with E-state index in [1.54, 1.807) is 6.92 Å². The molecule has 0 fully saturated rings. The van der Waals surface area contributed by atoms with Crippen LogP contribution in [0, 0.1) is 0 Å². The lowest BCUT2D eigenvalue weighted by molar-refractivity contribution is 0.574. The van der Waals surface area contributed by atoms with Gasteiger partial charge in [0.2, 0.25) is 0 Å². The Morgan fingerprint density at radius 1 is 1.30 bits per heavy atom. The van der Waals surface area contributed by atoms with E-state index in [0.717, 1.165) is 0 Å². The first-order valence-corrected chi connectivity index (χ1v) is 2.56. The van der Waals surface area contributed by atoms with Crippen LogP contribution in [0.25, 0.3) is 20.9 Å². The van der Waals surface area contributed by atoms with Crippen LogP contribution in [0.1, 0.15) is 6.92 Å². The third-order valence-electron chi connectivity index (χ3n) is 0.810. The molecule has 0 aliphatic carbocycles. The van der Waals surface area contributed by atoms with Gasteiger partial charge in [-0.25, -0.2) is 0 Å². The predicted octanol–water partition coefficient (Wildman–Crippen LogP) is 1.28. The highest BCUT2D eigenvalue weighted by molar-refractivity contribution is 4.73. The molecule has 2 N–H and O–H groups in total. The van der Waals surface area contributed by atoms with Crippen molar-refractivity contribution in [3.8, 4) is 0 Å². The van der Waals surface area contributed by atoms with Gasteiger partial charge in [-0.15, -0.1) is 0 Å². The summed E-state index contributed by atoms with van der Waals surface area (Å²) in [6, 6.07) is -0.452. The molecule has 10 heavy (non-hydrogen) atoms. The summed E-state index contributed by atoms with van der Waals surface area (Å²) in [5.74, 6) is 0. The van der Waals surface area contributed by atoms with Gasteiger partial charge in [-0.2, -0.15) is 0 Å². The maximum atomic E-state index is 7.93. The lowest BCUT2D eigenvalue weighted by Crippen LogP contribution is -2.27. The van der Waals surface area contributed by atoms with Gasteiger partial charge in [0.05, 0.1) is 0 Å². The molecule has 0 bridgehead atoms. The first kappa shape index (κ1) is 8.58. The van der Waals surface area contributed by atoms with Crippen molar-refractivity contribution in [2.75, 3.05) is 0 Å². The van der Waals surface area contributed by atoms with Crippen LogP contribution in [0.4, 0.5) is 0 Å². The van der Waals surface area contributed by atoms with Crippen molar-refractivity contribution in [2.45, 2.75) is 19.1 Å². The van der Waals surface area contributed by atoms with Crippen LogP contribution >= 0.6 is 0 Å². The number of nitrogens with zero attached hydrogens (tertiary/aromatic N) is 6. The van der Waals surface area contributed by atoms with Gasteiger partial charge in [-0.3, -0.25) is 0 Å². The molecular weight excluding hydrogens is 134 g/mol. The topological polar surface area (TPSA) is 124 Å². The summed E-state index contributed by atoms with van der Waals surface area (Å²) in [7, 11) is 0. The van der Waals surface area contributed by atoms with Crippen molar-refractivity contribution in [3.05, 3.63) is 20.9 Å². The fourth-order valence-electron chi connectivity index (χ4n) is 0.339. The van der Waals surface area contributed by atoms with Crippen LogP contribution in [0.2, 0.25) is 0 Å². The summed E-state index contributed by atoms with van der Waals surface area (Å²) in [5, 5.41) is 6.30. The van der Waals surface area contributed by atoms with E-state index in [1.807, 2.05) is 0 Å². The average molecular weight is 141 g/mol. The summed E-state index contributed by atoms with van der Waals surface area (Å²) in [6.07, 6.45) is -0.824. The third kappa shape index (κ3) is 2.78. The lowest BCUT2D eigenvalue weighted by atomic mass is 10.3. The molecule has 1 atom stereocenters. The highest BCUT2D eigenvalue weighted by Gasteiger charge is 2.07. The second-order valence-electron chi connectivity index (χ2n) is 1.68. The van der Waals surface area contributed by atoms with Crippen molar-refractivity contribution in [3.63, 3.8) is 0 Å². The predicted molar refractivity (Wildman–Crippen MR) is 35.7 cm³/mol. The van der Waals surface area contributed by atoms with Crippen molar-refractivity contribution in [2.24, 2.45) is 16.0 Å². The molecular formula is C3H7N7. The first-order chi connectivity index (χ1) is 4.72.